The van der Waals surface area contributed by atoms with E-state index in [4.69, 9.17) is 9.47 Å². The predicted octanol–water partition coefficient (Wildman–Crippen LogP) is 9.70. The Morgan fingerprint density at radius 1 is 0.596 bits per heavy atom. The van der Waals surface area contributed by atoms with Crippen molar-refractivity contribution in [1.82, 2.24) is 4.57 Å². The largest absolute Gasteiger partial charge is 0.463 e. The number of para-hydroxylation sites is 2. The van der Waals surface area contributed by atoms with Crippen LogP contribution in [0.4, 0.5) is 0 Å². The predicted molar refractivity (Wildman–Crippen MR) is 195 cm³/mol. The molecule has 0 N–H and O–H groups in total. The van der Waals surface area contributed by atoms with Gasteiger partial charge in [0.25, 0.3) is 6.71 Å². The average Bonchev–Trinajstić information content (AvgIpc) is 3.46. The Morgan fingerprint density at radius 2 is 1.26 bits per heavy atom. The molecule has 0 spiro atoms. The monoisotopic (exact) mass is 605 g/mol. The summed E-state index contributed by atoms with van der Waals surface area (Å²) in [7, 11) is 0. The van der Waals surface area contributed by atoms with E-state index in [1.165, 1.54) is 43.9 Å². The van der Waals surface area contributed by atoms with Gasteiger partial charge in [0.15, 0.2) is 0 Å². The second-order valence-corrected chi connectivity index (χ2v) is 12.4. The Kier molecular flexibility index (Phi) is 6.60. The lowest BCUT2D eigenvalue weighted by molar-refractivity contribution is 0.396. The summed E-state index contributed by atoms with van der Waals surface area (Å²) in [5.74, 6) is 3.83. The van der Waals surface area contributed by atoms with Gasteiger partial charge in [0.05, 0.1) is 16.8 Å². The van der Waals surface area contributed by atoms with Crippen LogP contribution >= 0.6 is 0 Å². The average molecular weight is 606 g/mol. The summed E-state index contributed by atoms with van der Waals surface area (Å²) in [5.41, 5.74) is 10.8. The maximum absolute atomic E-state index is 6.51. The lowest BCUT2D eigenvalue weighted by Gasteiger charge is -2.34. The van der Waals surface area contributed by atoms with E-state index in [0.717, 1.165) is 52.6 Å². The van der Waals surface area contributed by atoms with Crippen molar-refractivity contribution in [2.45, 2.75) is 19.8 Å². The molecule has 0 atom stereocenters. The van der Waals surface area contributed by atoms with Crippen molar-refractivity contribution in [2.24, 2.45) is 0 Å². The maximum Gasteiger partial charge on any atom is 0.260 e. The second-order valence-electron chi connectivity index (χ2n) is 12.4. The summed E-state index contributed by atoms with van der Waals surface area (Å²) in [6.45, 7) is 2.22. The Labute approximate surface area is 275 Å². The third kappa shape index (κ3) is 4.68. The molecule has 47 heavy (non-hydrogen) atoms. The van der Waals surface area contributed by atoms with Crippen LogP contribution in [0, 0.1) is 6.92 Å². The van der Waals surface area contributed by atoms with Gasteiger partial charge >= 0.3 is 0 Å². The molecule has 7 aromatic rings. The number of benzene rings is 6. The van der Waals surface area contributed by atoms with Gasteiger partial charge in [-0.2, -0.15) is 0 Å². The Hall–Kier alpha value is -5.74. The minimum atomic E-state index is 0.141. The molecule has 0 amide bonds. The Bertz CT molecular complexity index is 2310. The first kappa shape index (κ1) is 27.6. The summed E-state index contributed by atoms with van der Waals surface area (Å²) in [4.78, 5) is 0. The van der Waals surface area contributed by atoms with Gasteiger partial charge in [0.1, 0.15) is 17.2 Å². The number of ether oxygens (including phenoxy) is 2. The lowest BCUT2D eigenvalue weighted by Crippen LogP contribution is -2.51. The van der Waals surface area contributed by atoms with Crippen molar-refractivity contribution in [1.29, 1.82) is 0 Å². The van der Waals surface area contributed by atoms with Crippen LogP contribution in [-0.2, 0) is 0 Å². The van der Waals surface area contributed by atoms with Gasteiger partial charge < -0.3 is 14.0 Å². The van der Waals surface area contributed by atoms with Gasteiger partial charge in [-0.25, -0.2) is 0 Å². The highest BCUT2D eigenvalue weighted by atomic mass is 16.5. The van der Waals surface area contributed by atoms with Gasteiger partial charge in [-0.3, -0.25) is 0 Å². The first-order chi connectivity index (χ1) is 23.2. The minimum absolute atomic E-state index is 0.141. The molecule has 0 unspecified atom stereocenters. The van der Waals surface area contributed by atoms with E-state index in [1.807, 2.05) is 24.3 Å². The fraction of sp³-hybridized carbons (Fsp3) is 0.0698. The fourth-order valence-corrected chi connectivity index (χ4v) is 7.32. The normalized spacial score (nSPS) is 14.0. The molecule has 224 valence electrons. The first-order valence-corrected chi connectivity index (χ1v) is 16.4. The van der Waals surface area contributed by atoms with Crippen LogP contribution in [0.25, 0.3) is 38.6 Å². The molecule has 2 aliphatic heterocycles. The number of aromatic nitrogens is 1. The number of aryl methyl sites for hydroxylation is 1. The molecule has 0 radical (unpaired) electrons. The van der Waals surface area contributed by atoms with E-state index in [0.29, 0.717) is 0 Å². The molecule has 3 nitrogen and oxygen atoms in total. The molecule has 0 bridgehead atoms. The van der Waals surface area contributed by atoms with Gasteiger partial charge in [0.2, 0.25) is 0 Å². The summed E-state index contributed by atoms with van der Waals surface area (Å²) in [6, 6.07) is 49.2. The van der Waals surface area contributed by atoms with E-state index < -0.39 is 0 Å². The standard InChI is InChI=1S/C36H24BNO2.C7H8/c1-4-11-30-26(8-1)27-9-2-5-12-31(27)38(30)25-19-16-23(17-20-25)24-18-21-29-35(22-24)40-34-15-7-14-33-36(34)37(29)28-10-3-6-13-32(28)39-33;1-7-5-3-2-4-6-7/h1-5,7-12,14-22H,6,13H2;2-6H,1H3. The third-order valence-corrected chi connectivity index (χ3v) is 9.54. The minimum Gasteiger partial charge on any atom is -0.463 e. The molecular weight excluding hydrogens is 573 g/mol. The second kappa shape index (κ2) is 11.3. The van der Waals surface area contributed by atoms with Crippen molar-refractivity contribution in [2.75, 3.05) is 0 Å². The number of rotatable bonds is 2. The van der Waals surface area contributed by atoms with Crippen LogP contribution in [0.3, 0.4) is 0 Å². The highest BCUT2D eigenvalue weighted by Gasteiger charge is 2.40. The summed E-state index contributed by atoms with van der Waals surface area (Å²) in [6.07, 6.45) is 6.48. The molecule has 10 rings (SSSR count). The van der Waals surface area contributed by atoms with Crippen LogP contribution < -0.4 is 20.4 Å². The van der Waals surface area contributed by atoms with Crippen molar-refractivity contribution in [3.63, 3.8) is 0 Å². The molecule has 4 heteroatoms. The molecule has 0 fully saturated rings. The molecular formula is C43H32BNO2. The van der Waals surface area contributed by atoms with E-state index in [-0.39, 0.29) is 6.71 Å². The number of fused-ring (bicyclic) bond motifs is 6. The fourth-order valence-electron chi connectivity index (χ4n) is 7.32. The van der Waals surface area contributed by atoms with E-state index >= 15 is 0 Å². The zero-order chi connectivity index (χ0) is 31.3. The highest BCUT2D eigenvalue weighted by molar-refractivity contribution is 6.93. The molecule has 1 aromatic heterocycles. The third-order valence-electron chi connectivity index (χ3n) is 9.54. The first-order valence-electron chi connectivity index (χ1n) is 16.4. The zero-order valence-corrected chi connectivity index (χ0v) is 26.2. The number of allylic oxidation sites excluding steroid dienone is 4. The van der Waals surface area contributed by atoms with Gasteiger partial charge in [-0.05, 0) is 77.9 Å². The Morgan fingerprint density at radius 3 is 1.96 bits per heavy atom. The van der Waals surface area contributed by atoms with Crippen LogP contribution in [0.5, 0.6) is 17.2 Å². The SMILES string of the molecule is C1=CC2=C(CC1)Oc1cccc3c1B2c1ccc(-c2ccc(-n4c5ccccc5c5ccccc54)cc2)cc1O3.Cc1ccccc1. The number of hydrogen-bond donors (Lipinski definition) is 0. The maximum atomic E-state index is 6.51. The van der Waals surface area contributed by atoms with Gasteiger partial charge in [-0.1, -0.05) is 115 Å². The van der Waals surface area contributed by atoms with Crippen LogP contribution in [0.2, 0.25) is 0 Å². The number of hydrogen-bond acceptors (Lipinski definition) is 2. The summed E-state index contributed by atoms with van der Waals surface area (Å²) in [5, 5.41) is 2.55. The quantitative estimate of drug-likeness (QED) is 0.183. The van der Waals surface area contributed by atoms with E-state index in [1.54, 1.807) is 0 Å². The van der Waals surface area contributed by atoms with Crippen molar-refractivity contribution >= 4 is 39.4 Å². The van der Waals surface area contributed by atoms with E-state index in [9.17, 15) is 0 Å². The smallest absolute Gasteiger partial charge is 0.260 e. The summed E-state index contributed by atoms with van der Waals surface area (Å²) < 4.78 is 15.2. The van der Waals surface area contributed by atoms with Crippen molar-refractivity contribution < 1.29 is 9.47 Å². The van der Waals surface area contributed by atoms with Gasteiger partial charge in [-0.15, -0.1) is 0 Å². The molecule has 1 aliphatic carbocycles. The summed E-state index contributed by atoms with van der Waals surface area (Å²) >= 11 is 0. The molecule has 6 aromatic carbocycles. The highest BCUT2D eigenvalue weighted by Crippen LogP contribution is 2.39. The van der Waals surface area contributed by atoms with E-state index in [2.05, 4.69) is 139 Å². The van der Waals surface area contributed by atoms with Crippen molar-refractivity contribution in [3.05, 3.63) is 168 Å². The Balaban J connectivity index is 0.000000387. The molecule has 3 aliphatic rings. The van der Waals surface area contributed by atoms with Crippen LogP contribution in [0.1, 0.15) is 18.4 Å². The van der Waals surface area contributed by atoms with Crippen molar-refractivity contribution in [3.8, 4) is 34.1 Å². The lowest BCUT2D eigenvalue weighted by atomic mass is 9.34. The van der Waals surface area contributed by atoms with Crippen LogP contribution in [-0.4, -0.2) is 11.3 Å². The zero-order valence-electron chi connectivity index (χ0n) is 26.2. The number of nitrogens with zero attached hydrogens (tertiary/aromatic N) is 1. The van der Waals surface area contributed by atoms with Gasteiger partial charge in [0, 0.05) is 28.3 Å². The molecule has 0 saturated carbocycles. The van der Waals surface area contributed by atoms with Crippen LogP contribution in [0.15, 0.2) is 163 Å². The molecule has 3 heterocycles. The topological polar surface area (TPSA) is 23.4 Å². The molecule has 0 saturated heterocycles.